The van der Waals surface area contributed by atoms with Gasteiger partial charge in [-0.25, -0.2) is 0 Å². The summed E-state index contributed by atoms with van der Waals surface area (Å²) in [6, 6.07) is 5.00. The molecular formula is C12H13Cl4NO3. The second-order valence-electron chi connectivity index (χ2n) is 4.06. The highest BCUT2D eigenvalue weighted by Gasteiger charge is 2.33. The molecule has 0 spiro atoms. The summed E-state index contributed by atoms with van der Waals surface area (Å²) >= 11 is 22.6. The minimum absolute atomic E-state index is 0.241. The number of hydrogen-bond donors (Lipinski definition) is 2. The van der Waals surface area contributed by atoms with Crippen molar-refractivity contribution in [1.29, 1.82) is 0 Å². The van der Waals surface area contributed by atoms with E-state index in [-0.39, 0.29) is 12.5 Å². The Morgan fingerprint density at radius 3 is 2.70 bits per heavy atom. The van der Waals surface area contributed by atoms with Gasteiger partial charge in [-0.05, 0) is 30.7 Å². The molecule has 0 saturated carbocycles. The maximum Gasteiger partial charge on any atom is 0.259 e. The van der Waals surface area contributed by atoms with Crippen molar-refractivity contribution >= 4 is 52.3 Å². The number of carbonyl (C=O) groups excluding carboxylic acids is 1. The molecule has 0 aliphatic rings. The van der Waals surface area contributed by atoms with E-state index in [1.165, 1.54) is 0 Å². The van der Waals surface area contributed by atoms with Crippen LogP contribution in [0.3, 0.4) is 0 Å². The fourth-order valence-electron chi connectivity index (χ4n) is 1.29. The molecule has 0 aliphatic heterocycles. The summed E-state index contributed by atoms with van der Waals surface area (Å²) in [4.78, 5) is 11.6. The Morgan fingerprint density at radius 2 is 2.15 bits per heavy atom. The highest BCUT2D eigenvalue weighted by molar-refractivity contribution is 6.52. The van der Waals surface area contributed by atoms with Crippen LogP contribution in [0.25, 0.3) is 0 Å². The fourth-order valence-corrected chi connectivity index (χ4v) is 1.77. The van der Waals surface area contributed by atoms with Crippen molar-refractivity contribution in [3.8, 4) is 5.75 Å². The first-order chi connectivity index (χ1) is 9.26. The number of hydrogen-bond acceptors (Lipinski definition) is 3. The fraction of sp³-hybridized carbons (Fsp3) is 0.417. The molecule has 1 amide bonds. The number of aliphatic hydroxyl groups excluding tert-OH is 1. The van der Waals surface area contributed by atoms with Crippen LogP contribution < -0.4 is 10.1 Å². The third-order valence-corrected chi connectivity index (χ3v) is 3.98. The van der Waals surface area contributed by atoms with Gasteiger partial charge in [-0.2, -0.15) is 0 Å². The van der Waals surface area contributed by atoms with E-state index in [2.05, 4.69) is 5.32 Å². The lowest BCUT2D eigenvalue weighted by molar-refractivity contribution is -0.126. The number of amides is 1. The van der Waals surface area contributed by atoms with Crippen molar-refractivity contribution in [2.75, 3.05) is 12.5 Å². The van der Waals surface area contributed by atoms with Gasteiger partial charge in [-0.1, -0.05) is 34.8 Å². The van der Waals surface area contributed by atoms with Crippen molar-refractivity contribution in [2.45, 2.75) is 17.5 Å². The number of halogens is 4. The predicted molar refractivity (Wildman–Crippen MR) is 81.0 cm³/mol. The molecule has 1 rings (SSSR count). The Hall–Kier alpha value is -0.390. The molecular weight excluding hydrogens is 348 g/mol. The van der Waals surface area contributed by atoms with Crippen molar-refractivity contribution in [3.63, 3.8) is 0 Å². The molecule has 1 unspecified atom stereocenters. The van der Waals surface area contributed by atoms with E-state index in [1.807, 2.05) is 0 Å². The van der Waals surface area contributed by atoms with E-state index in [0.717, 1.165) is 5.56 Å². The zero-order valence-corrected chi connectivity index (χ0v) is 13.5. The normalized spacial score (nSPS) is 12.9. The molecule has 4 nitrogen and oxygen atoms in total. The minimum atomic E-state index is -1.66. The van der Waals surface area contributed by atoms with Gasteiger partial charge in [0.25, 0.3) is 5.91 Å². The maximum absolute atomic E-state index is 11.6. The molecule has 2 N–H and O–H groups in total. The van der Waals surface area contributed by atoms with E-state index < -0.39 is 16.5 Å². The zero-order chi connectivity index (χ0) is 15.3. The molecule has 1 aromatic rings. The Kier molecular flexibility index (Phi) is 6.69. The third-order valence-electron chi connectivity index (χ3n) is 2.37. The quantitative estimate of drug-likeness (QED) is 0.605. The van der Waals surface area contributed by atoms with E-state index in [0.29, 0.717) is 10.8 Å². The average molecular weight is 361 g/mol. The van der Waals surface area contributed by atoms with Gasteiger partial charge in [0, 0.05) is 5.02 Å². The lowest BCUT2D eigenvalue weighted by Gasteiger charge is -2.24. The lowest BCUT2D eigenvalue weighted by Crippen LogP contribution is -2.48. The highest BCUT2D eigenvalue weighted by Crippen LogP contribution is 2.25. The number of benzene rings is 1. The van der Waals surface area contributed by atoms with Gasteiger partial charge in [0.05, 0.1) is 5.88 Å². The van der Waals surface area contributed by atoms with Crippen molar-refractivity contribution in [3.05, 3.63) is 28.8 Å². The van der Waals surface area contributed by atoms with Crippen LogP contribution in [-0.4, -0.2) is 34.1 Å². The second kappa shape index (κ2) is 7.57. The molecule has 1 atom stereocenters. The number of alkyl halides is 3. The second-order valence-corrected chi connectivity index (χ2v) is 6.31. The Labute approximate surface area is 136 Å². The van der Waals surface area contributed by atoms with E-state index >= 15 is 0 Å². The number of aryl methyl sites for hydroxylation is 1. The summed E-state index contributed by atoms with van der Waals surface area (Å²) in [6.45, 7) is 1.50. The Bertz CT molecular complexity index is 482. The molecule has 1 aromatic carbocycles. The van der Waals surface area contributed by atoms with Crippen LogP contribution in [0.1, 0.15) is 5.56 Å². The molecule has 0 heterocycles. The molecule has 0 bridgehead atoms. The molecule has 8 heteroatoms. The van der Waals surface area contributed by atoms with Gasteiger partial charge in [0.1, 0.15) is 5.75 Å². The first-order valence-electron chi connectivity index (χ1n) is 5.56. The van der Waals surface area contributed by atoms with Crippen molar-refractivity contribution in [1.82, 2.24) is 5.32 Å². The van der Waals surface area contributed by atoms with E-state index in [4.69, 9.17) is 51.1 Å². The van der Waals surface area contributed by atoms with Gasteiger partial charge in [0.2, 0.25) is 0 Å². The number of carbonyl (C=O) groups is 1. The Morgan fingerprint density at radius 1 is 1.50 bits per heavy atom. The van der Waals surface area contributed by atoms with Gasteiger partial charge in [-0.3, -0.25) is 4.79 Å². The van der Waals surface area contributed by atoms with Crippen LogP contribution >= 0.6 is 46.4 Å². The van der Waals surface area contributed by atoms with Crippen LogP contribution in [0.15, 0.2) is 18.2 Å². The highest BCUT2D eigenvalue weighted by atomic mass is 35.5. The third kappa shape index (κ3) is 5.19. The molecule has 0 fully saturated rings. The topological polar surface area (TPSA) is 58.6 Å². The van der Waals surface area contributed by atoms with Gasteiger partial charge < -0.3 is 15.2 Å². The van der Waals surface area contributed by atoms with Crippen LogP contribution in [0, 0.1) is 6.92 Å². The summed E-state index contributed by atoms with van der Waals surface area (Å²) in [6.07, 6.45) is -1.49. The molecule has 0 aliphatic carbocycles. The number of nitrogens with one attached hydrogen (secondary N) is 1. The van der Waals surface area contributed by atoms with E-state index in [1.54, 1.807) is 25.1 Å². The van der Waals surface area contributed by atoms with Crippen molar-refractivity contribution in [2.24, 2.45) is 0 Å². The smallest absolute Gasteiger partial charge is 0.259 e. The summed E-state index contributed by atoms with van der Waals surface area (Å²) in [7, 11) is 0. The number of ether oxygens (including phenoxy) is 1. The molecule has 20 heavy (non-hydrogen) atoms. The Balaban J connectivity index is 2.52. The standard InChI is InChI=1S/C12H13Cl4NO3/c1-7-4-8(14)2-3-9(7)20-5-10(18)17-11(19)12(15,16)6-13/h2-4,11,19H,5-6H2,1H3,(H,17,18). The lowest BCUT2D eigenvalue weighted by atomic mass is 10.2. The molecule has 112 valence electrons. The van der Waals surface area contributed by atoms with Crippen LogP contribution in [-0.2, 0) is 4.79 Å². The molecule has 0 aromatic heterocycles. The average Bonchev–Trinajstić information content (AvgIpc) is 2.37. The largest absolute Gasteiger partial charge is 0.484 e. The summed E-state index contributed by atoms with van der Waals surface area (Å²) in [5.41, 5.74) is 0.788. The zero-order valence-electron chi connectivity index (χ0n) is 10.5. The predicted octanol–water partition coefficient (Wildman–Crippen LogP) is 2.87. The monoisotopic (exact) mass is 359 g/mol. The SMILES string of the molecule is Cc1cc(Cl)ccc1OCC(=O)NC(O)C(Cl)(Cl)CCl. The first kappa shape index (κ1) is 17.7. The van der Waals surface area contributed by atoms with Gasteiger partial charge in [-0.15, -0.1) is 11.6 Å². The summed E-state index contributed by atoms with van der Waals surface area (Å²) in [5.74, 6) is -0.309. The molecule has 0 saturated heterocycles. The van der Waals surface area contributed by atoms with E-state index in [9.17, 15) is 9.90 Å². The first-order valence-corrected chi connectivity index (χ1v) is 7.23. The van der Waals surface area contributed by atoms with Gasteiger partial charge in [0.15, 0.2) is 17.2 Å². The molecule has 0 radical (unpaired) electrons. The minimum Gasteiger partial charge on any atom is -0.484 e. The summed E-state index contributed by atoms with van der Waals surface area (Å²) < 4.78 is 3.64. The summed E-state index contributed by atoms with van der Waals surface area (Å²) in [5, 5.41) is 12.3. The van der Waals surface area contributed by atoms with Crippen LogP contribution in [0.2, 0.25) is 5.02 Å². The van der Waals surface area contributed by atoms with Crippen LogP contribution in [0.5, 0.6) is 5.75 Å². The number of aliphatic hydroxyl groups is 1. The van der Waals surface area contributed by atoms with Crippen LogP contribution in [0.4, 0.5) is 0 Å². The van der Waals surface area contributed by atoms with Crippen molar-refractivity contribution < 1.29 is 14.6 Å². The number of rotatable bonds is 6. The van der Waals surface area contributed by atoms with Gasteiger partial charge >= 0.3 is 0 Å². The maximum atomic E-state index is 11.6.